The van der Waals surface area contributed by atoms with Gasteiger partial charge in [-0.3, -0.25) is 13.7 Å². The Morgan fingerprint density at radius 1 is 0.739 bits per heavy atom. The molecule has 4 heterocycles. The summed E-state index contributed by atoms with van der Waals surface area (Å²) in [5.74, 6) is 0.921. The van der Waals surface area contributed by atoms with Crippen molar-refractivity contribution in [2.24, 2.45) is 0 Å². The van der Waals surface area contributed by atoms with Gasteiger partial charge in [0.1, 0.15) is 5.82 Å². The van der Waals surface area contributed by atoms with Crippen LogP contribution in [0.15, 0.2) is 134 Å². The highest BCUT2D eigenvalue weighted by Gasteiger charge is 2.32. The first kappa shape index (κ1) is 26.8. The van der Waals surface area contributed by atoms with Crippen LogP contribution in [0.25, 0.3) is 50.0 Å². The summed E-state index contributed by atoms with van der Waals surface area (Å²) in [6, 6.07) is 45.4. The third kappa shape index (κ3) is 4.27. The highest BCUT2D eigenvalue weighted by Crippen LogP contribution is 2.38. The van der Waals surface area contributed by atoms with Crippen molar-refractivity contribution >= 4 is 32.8 Å². The Balaban J connectivity index is 1.13. The molecule has 3 aromatic heterocycles. The highest BCUT2D eigenvalue weighted by atomic mass is 16.5. The van der Waals surface area contributed by atoms with E-state index in [0.717, 1.165) is 51.2 Å². The Kier molecular flexibility index (Phi) is 5.99. The van der Waals surface area contributed by atoms with E-state index in [1.54, 1.807) is 0 Å². The monoisotopic (exact) mass is 596 g/mol. The van der Waals surface area contributed by atoms with Gasteiger partial charge in [-0.15, -0.1) is 0 Å². The molecule has 0 saturated carbocycles. The van der Waals surface area contributed by atoms with Crippen molar-refractivity contribution in [3.63, 3.8) is 0 Å². The van der Waals surface area contributed by atoms with E-state index < -0.39 is 0 Å². The van der Waals surface area contributed by atoms with Crippen molar-refractivity contribution in [1.29, 1.82) is 0 Å². The molecular weight excluding hydrogens is 564 g/mol. The molecule has 1 aliphatic rings. The lowest BCUT2D eigenvalue weighted by Crippen LogP contribution is -2.29. The number of nitrogens with zero attached hydrogens (tertiary/aromatic N) is 4. The van der Waals surface area contributed by atoms with Crippen LogP contribution in [0.2, 0.25) is 0 Å². The number of imidazole rings is 1. The maximum Gasteiger partial charge on any atom is 0.269 e. The number of para-hydroxylation sites is 4. The van der Waals surface area contributed by atoms with E-state index in [0.29, 0.717) is 6.61 Å². The Morgan fingerprint density at radius 3 is 2.39 bits per heavy atom. The first-order valence-corrected chi connectivity index (χ1v) is 15.8. The van der Waals surface area contributed by atoms with Gasteiger partial charge in [0.25, 0.3) is 6.33 Å². The standard InChI is InChI=1S/C41H32N4O/c1-41(2)35-24-40(42-25-30(35)26-46-41)45-36-16-7-6-15-33(36)34-20-19-29(23-39(34)45)21-28-11-10-14-32(22-28)44-27-43(31-12-4-3-5-13-31)37-17-8-9-18-38(37)44/h3-20,22-25H,21,26H2,1-2H3. The maximum absolute atomic E-state index is 6.08. The van der Waals surface area contributed by atoms with E-state index in [1.165, 1.54) is 27.5 Å². The zero-order chi connectivity index (χ0) is 30.8. The fourth-order valence-corrected chi connectivity index (χ4v) is 7.04. The lowest BCUT2D eigenvalue weighted by Gasteiger charge is -2.19. The lowest BCUT2D eigenvalue weighted by molar-refractivity contribution is -0.572. The lowest BCUT2D eigenvalue weighted by atomic mass is 9.98. The quantitative estimate of drug-likeness (QED) is 0.147. The molecule has 46 heavy (non-hydrogen) atoms. The van der Waals surface area contributed by atoms with Crippen molar-refractivity contribution in [2.75, 3.05) is 0 Å². The number of hydrogen-bond donors (Lipinski definition) is 0. The molecule has 0 unspecified atom stereocenters. The molecule has 0 amide bonds. The first-order chi connectivity index (χ1) is 22.5. The molecule has 9 rings (SSSR count). The van der Waals surface area contributed by atoms with Gasteiger partial charge in [-0.05, 0) is 79.4 Å². The Labute approximate surface area is 267 Å². The molecule has 0 saturated heterocycles. The summed E-state index contributed by atoms with van der Waals surface area (Å²) in [5.41, 5.74) is 11.3. The molecule has 0 bridgehead atoms. The molecule has 1 aliphatic heterocycles. The third-order valence-electron chi connectivity index (χ3n) is 9.33. The first-order valence-electron chi connectivity index (χ1n) is 15.8. The molecule has 0 N–H and O–H groups in total. The second-order valence-corrected chi connectivity index (χ2v) is 12.6. The Hall–Kier alpha value is -5.52. The van der Waals surface area contributed by atoms with Crippen LogP contribution < -0.4 is 4.57 Å². The van der Waals surface area contributed by atoms with Crippen LogP contribution in [0, 0.1) is 6.33 Å². The van der Waals surface area contributed by atoms with Gasteiger partial charge in [-0.25, -0.2) is 4.98 Å². The van der Waals surface area contributed by atoms with Crippen molar-refractivity contribution in [1.82, 2.24) is 14.1 Å². The molecule has 0 radical (unpaired) electrons. The van der Waals surface area contributed by atoms with Gasteiger partial charge >= 0.3 is 0 Å². The molecular formula is C41H32N4O. The van der Waals surface area contributed by atoms with E-state index in [-0.39, 0.29) is 5.60 Å². The van der Waals surface area contributed by atoms with Crippen molar-refractivity contribution in [2.45, 2.75) is 32.5 Å². The minimum absolute atomic E-state index is 0.329. The van der Waals surface area contributed by atoms with Crippen LogP contribution in [-0.4, -0.2) is 14.1 Å². The summed E-state index contributed by atoms with van der Waals surface area (Å²) in [7, 11) is 0. The normalized spacial score (nSPS) is 14.0. The van der Waals surface area contributed by atoms with E-state index in [4.69, 9.17) is 9.72 Å². The number of ether oxygens (including phenoxy) is 1. The number of fused-ring (bicyclic) bond motifs is 5. The predicted octanol–water partition coefficient (Wildman–Crippen LogP) is 8.56. The highest BCUT2D eigenvalue weighted by molar-refractivity contribution is 6.09. The minimum atomic E-state index is -0.329. The van der Waals surface area contributed by atoms with Crippen LogP contribution in [0.1, 0.15) is 36.1 Å². The fraction of sp³-hybridized carbons (Fsp3) is 0.122. The number of hydrogen-bond acceptors (Lipinski definition) is 2. The van der Waals surface area contributed by atoms with Crippen LogP contribution in [0.3, 0.4) is 0 Å². The van der Waals surface area contributed by atoms with E-state index >= 15 is 0 Å². The Bertz CT molecular complexity index is 2430. The smallest absolute Gasteiger partial charge is 0.269 e. The summed E-state index contributed by atoms with van der Waals surface area (Å²) in [5, 5.41) is 2.45. The summed E-state index contributed by atoms with van der Waals surface area (Å²) in [6.45, 7) is 4.88. The zero-order valence-electron chi connectivity index (χ0n) is 25.8. The molecule has 5 nitrogen and oxygen atoms in total. The topological polar surface area (TPSA) is 35.9 Å². The molecule has 0 fully saturated rings. The number of rotatable bonds is 5. The molecule has 5 aromatic carbocycles. The molecule has 222 valence electrons. The molecule has 0 atom stereocenters. The second-order valence-electron chi connectivity index (χ2n) is 12.6. The van der Waals surface area contributed by atoms with Gasteiger partial charge in [0.15, 0.2) is 0 Å². The molecule has 8 aromatic rings. The average molecular weight is 597 g/mol. The van der Waals surface area contributed by atoms with Crippen LogP contribution in [0.5, 0.6) is 0 Å². The summed E-state index contributed by atoms with van der Waals surface area (Å²) >= 11 is 0. The van der Waals surface area contributed by atoms with Crippen LogP contribution in [-0.2, 0) is 23.4 Å². The van der Waals surface area contributed by atoms with Crippen molar-refractivity contribution in [3.8, 4) is 17.2 Å². The Morgan fingerprint density at radius 2 is 1.50 bits per heavy atom. The number of pyridine rings is 1. The summed E-state index contributed by atoms with van der Waals surface area (Å²) in [4.78, 5) is 4.94. The molecule has 0 aliphatic carbocycles. The number of benzene rings is 5. The van der Waals surface area contributed by atoms with Gasteiger partial charge in [-0.2, -0.15) is 0 Å². The zero-order valence-corrected chi connectivity index (χ0v) is 25.8. The van der Waals surface area contributed by atoms with E-state index in [1.807, 2.05) is 12.3 Å². The van der Waals surface area contributed by atoms with E-state index in [9.17, 15) is 0 Å². The SMILES string of the molecule is CC1(C)OCc2cnc(-n3c4ccccc4c4ccc(Cc5cccc(-n6[c-][n+](-c7ccccc7)c7ccccc76)c5)cc43)cc21. The van der Waals surface area contributed by atoms with Gasteiger partial charge < -0.3 is 4.74 Å². The third-order valence-corrected chi connectivity index (χ3v) is 9.33. The predicted molar refractivity (Wildman–Crippen MR) is 183 cm³/mol. The summed E-state index contributed by atoms with van der Waals surface area (Å²) < 4.78 is 12.7. The molecule has 0 spiro atoms. The average Bonchev–Trinajstić information content (AvgIpc) is 3.74. The van der Waals surface area contributed by atoms with Gasteiger partial charge in [-0.1, -0.05) is 84.9 Å². The van der Waals surface area contributed by atoms with Crippen LogP contribution in [0.4, 0.5) is 0 Å². The van der Waals surface area contributed by atoms with Crippen molar-refractivity contribution in [3.05, 3.63) is 162 Å². The number of aromatic nitrogens is 4. The van der Waals surface area contributed by atoms with Gasteiger partial charge in [0.05, 0.1) is 45.6 Å². The van der Waals surface area contributed by atoms with Gasteiger partial charge in [0.2, 0.25) is 0 Å². The summed E-state index contributed by atoms with van der Waals surface area (Å²) in [6.07, 6.45) is 6.41. The fourth-order valence-electron chi connectivity index (χ4n) is 7.04. The minimum Gasteiger partial charge on any atom is -0.366 e. The largest absolute Gasteiger partial charge is 0.366 e. The van der Waals surface area contributed by atoms with Crippen molar-refractivity contribution < 1.29 is 9.30 Å². The second kappa shape index (κ2) is 10.3. The van der Waals surface area contributed by atoms with E-state index in [2.05, 4.69) is 155 Å². The van der Waals surface area contributed by atoms with Crippen LogP contribution >= 0.6 is 0 Å². The molecule has 5 heteroatoms. The maximum atomic E-state index is 6.08. The van der Waals surface area contributed by atoms with Gasteiger partial charge in [0, 0.05) is 22.5 Å².